The molecule has 5 nitrogen and oxygen atoms in total. The first-order chi connectivity index (χ1) is 7.62. The summed E-state index contributed by atoms with van der Waals surface area (Å²) >= 11 is 4.28. The second-order valence-corrected chi connectivity index (χ2v) is 10.4. The highest BCUT2D eigenvalue weighted by molar-refractivity contribution is 9.11. The molecular weight excluding hydrogens is 374 g/mol. The molecule has 0 unspecified atom stereocenters. The molecular formula is C7H9BrClNO4S3. The maximum Gasteiger partial charge on any atom is 0.250 e. The molecule has 0 fully saturated rings. The van der Waals surface area contributed by atoms with Crippen LogP contribution in [0.5, 0.6) is 0 Å². The Bertz CT molecular complexity index is 588. The molecule has 10 heteroatoms. The minimum absolute atomic E-state index is 0.133. The Labute approximate surface area is 117 Å². The smallest absolute Gasteiger partial charge is 0.212 e. The summed E-state index contributed by atoms with van der Waals surface area (Å²) in [6, 6.07) is 1.51. The van der Waals surface area contributed by atoms with Crippen molar-refractivity contribution in [2.75, 3.05) is 12.3 Å². The molecule has 1 aromatic heterocycles. The van der Waals surface area contributed by atoms with Crippen LogP contribution in [0, 0.1) is 6.92 Å². The van der Waals surface area contributed by atoms with Crippen LogP contribution in [0.4, 0.5) is 0 Å². The third kappa shape index (κ3) is 4.84. The number of hydrogen-bond donors (Lipinski definition) is 1. The molecule has 0 amide bonds. The first kappa shape index (κ1) is 15.4. The largest absolute Gasteiger partial charge is 0.250 e. The zero-order valence-electron chi connectivity index (χ0n) is 8.61. The molecule has 1 heterocycles. The molecule has 0 aromatic carbocycles. The molecule has 0 spiro atoms. The van der Waals surface area contributed by atoms with Crippen molar-refractivity contribution in [1.29, 1.82) is 0 Å². The normalized spacial score (nSPS) is 12.9. The monoisotopic (exact) mass is 381 g/mol. The van der Waals surface area contributed by atoms with Gasteiger partial charge in [0.1, 0.15) is 4.21 Å². The highest BCUT2D eigenvalue weighted by Gasteiger charge is 2.18. The lowest BCUT2D eigenvalue weighted by Gasteiger charge is -2.02. The van der Waals surface area contributed by atoms with Crippen molar-refractivity contribution >= 4 is 57.0 Å². The van der Waals surface area contributed by atoms with Gasteiger partial charge in [0.2, 0.25) is 19.1 Å². The first-order valence-electron chi connectivity index (χ1n) is 4.30. The Balaban J connectivity index is 2.76. The summed E-state index contributed by atoms with van der Waals surface area (Å²) in [5, 5.41) is 0. The molecule has 1 N–H and O–H groups in total. The fraction of sp³-hybridized carbons (Fsp3) is 0.429. The molecule has 0 atom stereocenters. The number of thiophene rings is 1. The standard InChI is InChI=1S/C7H9BrClNO4S3/c1-5-4-6(15-7(5)8)17(13,14)10-2-3-16(9,11)12/h4,10H,2-3H2,1H3. The molecule has 0 saturated heterocycles. The van der Waals surface area contributed by atoms with E-state index in [9.17, 15) is 16.8 Å². The molecule has 0 bridgehead atoms. The number of nitrogens with one attached hydrogen (secondary N) is 1. The first-order valence-corrected chi connectivity index (χ1v) is 9.87. The number of aryl methyl sites for hydroxylation is 1. The number of halogens is 2. The van der Waals surface area contributed by atoms with Crippen LogP contribution in [0.2, 0.25) is 0 Å². The average molecular weight is 383 g/mol. The van der Waals surface area contributed by atoms with E-state index < -0.39 is 24.8 Å². The number of rotatable bonds is 5. The molecule has 0 aliphatic carbocycles. The van der Waals surface area contributed by atoms with Crippen LogP contribution >= 0.6 is 37.9 Å². The van der Waals surface area contributed by atoms with Gasteiger partial charge in [0.05, 0.1) is 9.54 Å². The molecule has 0 radical (unpaired) electrons. The lowest BCUT2D eigenvalue weighted by atomic mass is 10.4. The molecule has 1 rings (SSSR count). The van der Waals surface area contributed by atoms with Crippen molar-refractivity contribution < 1.29 is 16.8 Å². The van der Waals surface area contributed by atoms with Crippen LogP contribution in [0.3, 0.4) is 0 Å². The van der Waals surface area contributed by atoms with Crippen molar-refractivity contribution in [3.63, 3.8) is 0 Å². The van der Waals surface area contributed by atoms with Crippen LogP contribution in [0.15, 0.2) is 14.1 Å². The van der Waals surface area contributed by atoms with Gasteiger partial charge in [0.15, 0.2) is 0 Å². The Morgan fingerprint density at radius 3 is 2.41 bits per heavy atom. The lowest BCUT2D eigenvalue weighted by Crippen LogP contribution is -2.27. The summed E-state index contributed by atoms with van der Waals surface area (Å²) in [7, 11) is -2.39. The van der Waals surface area contributed by atoms with Crippen molar-refractivity contribution in [2.45, 2.75) is 11.1 Å². The second kappa shape index (κ2) is 5.54. The Kier molecular flexibility index (Phi) is 5.01. The van der Waals surface area contributed by atoms with Gasteiger partial charge in [-0.05, 0) is 34.5 Å². The van der Waals surface area contributed by atoms with Gasteiger partial charge in [-0.15, -0.1) is 11.3 Å². The van der Waals surface area contributed by atoms with Crippen molar-refractivity contribution in [2.24, 2.45) is 0 Å². The lowest BCUT2D eigenvalue weighted by molar-refractivity contribution is 0.584. The summed E-state index contributed by atoms with van der Waals surface area (Å²) in [5.41, 5.74) is 0.806. The van der Waals surface area contributed by atoms with E-state index in [1.165, 1.54) is 6.07 Å². The van der Waals surface area contributed by atoms with E-state index >= 15 is 0 Å². The maximum absolute atomic E-state index is 11.7. The summed E-state index contributed by atoms with van der Waals surface area (Å²) in [6.07, 6.45) is 0. The molecule has 0 saturated carbocycles. The minimum atomic E-state index is -3.69. The van der Waals surface area contributed by atoms with Crippen LogP contribution in [-0.2, 0) is 19.1 Å². The van der Waals surface area contributed by atoms with E-state index in [0.717, 1.165) is 20.7 Å². The SMILES string of the molecule is Cc1cc(S(=O)(=O)NCCS(=O)(=O)Cl)sc1Br. The van der Waals surface area contributed by atoms with Crippen molar-refractivity contribution in [3.05, 3.63) is 15.4 Å². The zero-order valence-corrected chi connectivity index (χ0v) is 13.4. The number of sulfonamides is 1. The third-order valence-electron chi connectivity index (χ3n) is 1.74. The zero-order chi connectivity index (χ0) is 13.3. The van der Waals surface area contributed by atoms with Gasteiger partial charge in [0, 0.05) is 17.2 Å². The highest BCUT2D eigenvalue weighted by atomic mass is 79.9. The molecule has 98 valence electrons. The maximum atomic E-state index is 11.7. The fourth-order valence-corrected chi connectivity index (χ4v) is 4.94. The van der Waals surface area contributed by atoms with Crippen molar-refractivity contribution in [1.82, 2.24) is 4.72 Å². The van der Waals surface area contributed by atoms with Gasteiger partial charge in [-0.3, -0.25) is 0 Å². The summed E-state index contributed by atoms with van der Waals surface area (Å²) in [5.74, 6) is -0.445. The van der Waals surface area contributed by atoms with Gasteiger partial charge in [-0.25, -0.2) is 21.6 Å². The number of hydrogen-bond acceptors (Lipinski definition) is 5. The molecule has 0 aliphatic heterocycles. The second-order valence-electron chi connectivity index (χ2n) is 3.16. The van der Waals surface area contributed by atoms with Crippen LogP contribution < -0.4 is 4.72 Å². The van der Waals surface area contributed by atoms with Crippen LogP contribution in [0.25, 0.3) is 0 Å². The topological polar surface area (TPSA) is 80.3 Å². The van der Waals surface area contributed by atoms with Gasteiger partial charge in [0.25, 0.3) is 0 Å². The molecule has 17 heavy (non-hydrogen) atoms. The van der Waals surface area contributed by atoms with Crippen molar-refractivity contribution in [3.8, 4) is 0 Å². The van der Waals surface area contributed by atoms with E-state index in [1.54, 1.807) is 6.92 Å². The predicted molar refractivity (Wildman–Crippen MR) is 71.6 cm³/mol. The van der Waals surface area contributed by atoms with Crippen LogP contribution in [0.1, 0.15) is 5.56 Å². The van der Waals surface area contributed by atoms with Crippen LogP contribution in [-0.4, -0.2) is 29.1 Å². The quantitative estimate of drug-likeness (QED) is 0.786. The molecule has 1 aromatic rings. The average Bonchev–Trinajstić information content (AvgIpc) is 2.45. The van der Waals surface area contributed by atoms with Gasteiger partial charge in [-0.1, -0.05) is 0 Å². The predicted octanol–water partition coefficient (Wildman–Crippen LogP) is 1.67. The fourth-order valence-electron chi connectivity index (χ4n) is 0.933. The minimum Gasteiger partial charge on any atom is -0.212 e. The molecule has 0 aliphatic rings. The highest BCUT2D eigenvalue weighted by Crippen LogP contribution is 2.30. The Morgan fingerprint density at radius 2 is 2.00 bits per heavy atom. The summed E-state index contributed by atoms with van der Waals surface area (Å²) in [6.45, 7) is 1.52. The van der Waals surface area contributed by atoms with E-state index in [-0.39, 0.29) is 10.8 Å². The van der Waals surface area contributed by atoms with Gasteiger partial charge < -0.3 is 0 Å². The van der Waals surface area contributed by atoms with E-state index in [0.29, 0.717) is 0 Å². The summed E-state index contributed by atoms with van der Waals surface area (Å²) in [4.78, 5) is 0. The Hall–Kier alpha value is 0.330. The van der Waals surface area contributed by atoms with E-state index in [1.807, 2.05) is 0 Å². The van der Waals surface area contributed by atoms with E-state index in [4.69, 9.17) is 10.7 Å². The van der Waals surface area contributed by atoms with Gasteiger partial charge in [-0.2, -0.15) is 0 Å². The van der Waals surface area contributed by atoms with E-state index in [2.05, 4.69) is 20.7 Å². The summed E-state index contributed by atoms with van der Waals surface area (Å²) < 4.78 is 47.8. The Morgan fingerprint density at radius 1 is 1.41 bits per heavy atom. The van der Waals surface area contributed by atoms with Gasteiger partial charge >= 0.3 is 0 Å². The third-order valence-corrected chi connectivity index (χ3v) is 6.96.